The molecule has 0 bridgehead atoms. The van der Waals surface area contributed by atoms with E-state index in [2.05, 4.69) is 10.0 Å². The van der Waals surface area contributed by atoms with Gasteiger partial charge in [0.2, 0.25) is 15.5 Å². The molecule has 2 heterocycles. The number of nitrogens with one attached hydrogen (secondary N) is 2. The number of benzene rings is 2. The van der Waals surface area contributed by atoms with Gasteiger partial charge in [-0.3, -0.25) is 9.59 Å². The van der Waals surface area contributed by atoms with Crippen molar-refractivity contribution in [2.75, 3.05) is 12.4 Å². The van der Waals surface area contributed by atoms with Crippen LogP contribution in [-0.4, -0.2) is 25.9 Å². The van der Waals surface area contributed by atoms with Crippen LogP contribution in [0, 0.1) is 6.92 Å². The van der Waals surface area contributed by atoms with Gasteiger partial charge in [-0.25, -0.2) is 13.1 Å². The van der Waals surface area contributed by atoms with Crippen LogP contribution in [0.4, 0.5) is 5.69 Å². The minimum atomic E-state index is -3.65. The van der Waals surface area contributed by atoms with Crippen LogP contribution in [0.25, 0.3) is 10.9 Å². The van der Waals surface area contributed by atoms with E-state index in [9.17, 15) is 18.0 Å². The van der Waals surface area contributed by atoms with Crippen LogP contribution in [0.5, 0.6) is 0 Å². The highest BCUT2D eigenvalue weighted by atomic mass is 32.2. The molecule has 0 spiro atoms. The Morgan fingerprint density at radius 1 is 1.18 bits per heavy atom. The Morgan fingerprint density at radius 3 is 2.71 bits per heavy atom. The SMILES string of the molecule is CNS(=O)(=O)c1ccc(C)c(NC(=O)c2cn3c4c(cccc4c2=O)CC3)c1. The van der Waals surface area contributed by atoms with E-state index >= 15 is 0 Å². The minimum absolute atomic E-state index is 0.0350. The first-order valence-corrected chi connectivity index (χ1v) is 10.3. The summed E-state index contributed by atoms with van der Waals surface area (Å²) < 4.78 is 28.2. The van der Waals surface area contributed by atoms with Gasteiger partial charge in [0.05, 0.1) is 10.4 Å². The van der Waals surface area contributed by atoms with Gasteiger partial charge in [0, 0.05) is 23.8 Å². The van der Waals surface area contributed by atoms with Crippen molar-refractivity contribution in [2.45, 2.75) is 24.8 Å². The summed E-state index contributed by atoms with van der Waals surface area (Å²) in [5.74, 6) is -0.560. The second kappa shape index (κ2) is 6.57. The first kappa shape index (κ1) is 18.4. The highest BCUT2D eigenvalue weighted by molar-refractivity contribution is 7.89. The molecule has 0 aliphatic carbocycles. The van der Waals surface area contributed by atoms with Crippen LogP contribution in [-0.2, 0) is 23.0 Å². The number of amides is 1. The first-order chi connectivity index (χ1) is 13.3. The average molecular weight is 397 g/mol. The molecule has 2 N–H and O–H groups in total. The van der Waals surface area contributed by atoms with Crippen molar-refractivity contribution in [3.05, 3.63) is 69.5 Å². The molecule has 0 saturated carbocycles. The largest absolute Gasteiger partial charge is 0.346 e. The van der Waals surface area contributed by atoms with Crippen LogP contribution in [0.1, 0.15) is 21.5 Å². The molecule has 0 fully saturated rings. The lowest BCUT2D eigenvalue weighted by Gasteiger charge is -2.12. The highest BCUT2D eigenvalue weighted by Crippen LogP contribution is 2.25. The van der Waals surface area contributed by atoms with Crippen molar-refractivity contribution in [3.8, 4) is 0 Å². The fourth-order valence-corrected chi connectivity index (χ4v) is 4.28. The Morgan fingerprint density at radius 2 is 1.96 bits per heavy atom. The Bertz CT molecular complexity index is 1290. The maximum absolute atomic E-state index is 12.9. The minimum Gasteiger partial charge on any atom is -0.346 e. The van der Waals surface area contributed by atoms with Gasteiger partial charge in [-0.1, -0.05) is 18.2 Å². The molecule has 2 aromatic carbocycles. The molecule has 8 heteroatoms. The third-order valence-electron chi connectivity index (χ3n) is 5.08. The van der Waals surface area contributed by atoms with Gasteiger partial charge in [-0.2, -0.15) is 0 Å². The smallest absolute Gasteiger partial charge is 0.261 e. The van der Waals surface area contributed by atoms with Gasteiger partial charge in [0.25, 0.3) is 5.91 Å². The summed E-state index contributed by atoms with van der Waals surface area (Å²) in [6.07, 6.45) is 2.41. The Kier molecular flexibility index (Phi) is 4.32. The molecule has 0 atom stereocenters. The number of anilines is 1. The molecule has 3 aromatic rings. The molecule has 7 nitrogen and oxygen atoms in total. The Labute approximate surface area is 162 Å². The lowest BCUT2D eigenvalue weighted by atomic mass is 10.1. The Hall–Kier alpha value is -2.97. The van der Waals surface area contributed by atoms with Crippen LogP contribution in [0.2, 0.25) is 0 Å². The molecule has 0 radical (unpaired) electrons. The van der Waals surface area contributed by atoms with Crippen LogP contribution in [0.15, 0.2) is 52.3 Å². The zero-order chi connectivity index (χ0) is 20.1. The fourth-order valence-electron chi connectivity index (χ4n) is 3.53. The number of rotatable bonds is 4. The summed E-state index contributed by atoms with van der Waals surface area (Å²) in [4.78, 5) is 25.8. The van der Waals surface area contributed by atoms with Crippen molar-refractivity contribution in [2.24, 2.45) is 0 Å². The van der Waals surface area contributed by atoms with Gasteiger partial charge < -0.3 is 9.88 Å². The fraction of sp³-hybridized carbons (Fsp3) is 0.200. The van der Waals surface area contributed by atoms with E-state index in [0.717, 1.165) is 17.5 Å². The zero-order valence-corrected chi connectivity index (χ0v) is 16.3. The first-order valence-electron chi connectivity index (χ1n) is 8.82. The molecule has 28 heavy (non-hydrogen) atoms. The number of sulfonamides is 1. The quantitative estimate of drug-likeness (QED) is 0.704. The molecule has 1 aromatic heterocycles. The number of hydrogen-bond donors (Lipinski definition) is 2. The van der Waals surface area contributed by atoms with Gasteiger partial charge in [-0.05, 0) is 49.7 Å². The number of carbonyl (C=O) groups excluding carboxylic acids is 1. The van der Waals surface area contributed by atoms with E-state index in [1.165, 1.54) is 19.2 Å². The lowest BCUT2D eigenvalue weighted by molar-refractivity contribution is 0.102. The number of para-hydroxylation sites is 1. The van der Waals surface area contributed by atoms with E-state index in [1.807, 2.05) is 16.7 Å². The van der Waals surface area contributed by atoms with Crippen LogP contribution < -0.4 is 15.5 Å². The summed E-state index contributed by atoms with van der Waals surface area (Å²) in [6.45, 7) is 2.47. The number of nitrogens with zero attached hydrogens (tertiary/aromatic N) is 1. The number of pyridine rings is 1. The molecule has 0 saturated heterocycles. The average Bonchev–Trinajstić information content (AvgIpc) is 3.10. The lowest BCUT2D eigenvalue weighted by Crippen LogP contribution is -2.24. The van der Waals surface area contributed by atoms with Crippen molar-refractivity contribution < 1.29 is 13.2 Å². The third-order valence-corrected chi connectivity index (χ3v) is 6.50. The summed E-state index contributed by atoms with van der Waals surface area (Å²) in [6, 6.07) is 10.00. The van der Waals surface area contributed by atoms with E-state index in [1.54, 1.807) is 25.3 Å². The van der Waals surface area contributed by atoms with E-state index < -0.39 is 15.9 Å². The van der Waals surface area contributed by atoms with Gasteiger partial charge in [0.15, 0.2) is 0 Å². The number of aromatic nitrogens is 1. The van der Waals surface area contributed by atoms with Gasteiger partial charge in [0.1, 0.15) is 5.56 Å². The van der Waals surface area contributed by atoms with E-state index in [0.29, 0.717) is 23.2 Å². The topological polar surface area (TPSA) is 97.3 Å². The summed E-state index contributed by atoms with van der Waals surface area (Å²) in [5.41, 5.74) is 2.72. The molecule has 4 rings (SSSR count). The maximum Gasteiger partial charge on any atom is 0.261 e. The number of aryl methyl sites for hydroxylation is 3. The maximum atomic E-state index is 12.9. The predicted octanol–water partition coefficient (Wildman–Crippen LogP) is 2.03. The summed E-state index contributed by atoms with van der Waals surface area (Å²) in [5, 5.41) is 3.21. The van der Waals surface area contributed by atoms with Crippen LogP contribution >= 0.6 is 0 Å². The zero-order valence-electron chi connectivity index (χ0n) is 15.4. The van der Waals surface area contributed by atoms with Crippen molar-refractivity contribution >= 4 is 32.5 Å². The standard InChI is InChI=1S/C20H19N3O4S/c1-12-6-7-14(28(26,27)21-2)10-17(12)22-20(25)16-11-23-9-8-13-4-3-5-15(18(13)23)19(16)24/h3-7,10-11,21H,8-9H2,1-2H3,(H,22,25). The normalized spacial score (nSPS) is 13.1. The third kappa shape index (κ3) is 2.90. The molecule has 0 unspecified atom stereocenters. The van der Waals surface area contributed by atoms with E-state index in [-0.39, 0.29) is 15.9 Å². The van der Waals surface area contributed by atoms with Gasteiger partial charge >= 0.3 is 0 Å². The van der Waals surface area contributed by atoms with Crippen molar-refractivity contribution in [1.82, 2.24) is 9.29 Å². The second-order valence-corrected chi connectivity index (χ2v) is 8.65. The van der Waals surface area contributed by atoms with Gasteiger partial charge in [-0.15, -0.1) is 0 Å². The summed E-state index contributed by atoms with van der Waals surface area (Å²) in [7, 11) is -2.33. The molecular formula is C20H19N3O4S. The number of hydrogen-bond acceptors (Lipinski definition) is 4. The molecule has 1 aliphatic heterocycles. The monoisotopic (exact) mass is 397 g/mol. The Balaban J connectivity index is 1.76. The summed E-state index contributed by atoms with van der Waals surface area (Å²) >= 11 is 0. The van der Waals surface area contributed by atoms with Crippen molar-refractivity contribution in [3.63, 3.8) is 0 Å². The van der Waals surface area contributed by atoms with E-state index in [4.69, 9.17) is 0 Å². The molecule has 1 aliphatic rings. The van der Waals surface area contributed by atoms with Crippen molar-refractivity contribution in [1.29, 1.82) is 0 Å². The highest BCUT2D eigenvalue weighted by Gasteiger charge is 2.21. The van der Waals surface area contributed by atoms with Crippen LogP contribution in [0.3, 0.4) is 0 Å². The molecule has 1 amide bonds. The number of carbonyl (C=O) groups is 1. The molecule has 144 valence electrons. The predicted molar refractivity (Wildman–Crippen MR) is 107 cm³/mol. The molecular weight excluding hydrogens is 378 g/mol. The second-order valence-electron chi connectivity index (χ2n) is 6.77.